The summed E-state index contributed by atoms with van der Waals surface area (Å²) in [6, 6.07) is 8.43. The van der Waals surface area contributed by atoms with Gasteiger partial charge in [-0.15, -0.1) is 11.8 Å². The van der Waals surface area contributed by atoms with Crippen LogP contribution in [0, 0.1) is 0 Å². The number of carbonyl (C=O) groups excluding carboxylic acids is 1. The Labute approximate surface area is 124 Å². The van der Waals surface area contributed by atoms with Crippen LogP contribution >= 0.6 is 11.8 Å². The van der Waals surface area contributed by atoms with Crippen LogP contribution in [0.5, 0.6) is 5.75 Å². The summed E-state index contributed by atoms with van der Waals surface area (Å²) in [4.78, 5) is 15.4. The highest BCUT2D eigenvalue weighted by atomic mass is 32.2. The zero-order chi connectivity index (χ0) is 14.5. The SMILES string of the molecule is COc1ccc(SCC(=O)N2CCNC(C)C2C)cc1. The molecule has 1 aliphatic rings. The van der Waals surface area contributed by atoms with Crippen molar-refractivity contribution in [1.82, 2.24) is 10.2 Å². The zero-order valence-electron chi connectivity index (χ0n) is 12.3. The van der Waals surface area contributed by atoms with Gasteiger partial charge in [-0.3, -0.25) is 4.79 Å². The van der Waals surface area contributed by atoms with Gasteiger partial charge in [-0.25, -0.2) is 0 Å². The maximum absolute atomic E-state index is 12.3. The number of nitrogens with zero attached hydrogens (tertiary/aromatic N) is 1. The fraction of sp³-hybridized carbons (Fsp3) is 0.533. The molecule has 110 valence electrons. The number of nitrogens with one attached hydrogen (secondary N) is 1. The first kappa shape index (κ1) is 15.2. The number of piperazine rings is 1. The van der Waals surface area contributed by atoms with Gasteiger partial charge in [0.25, 0.3) is 0 Å². The molecule has 1 amide bonds. The molecule has 0 spiro atoms. The summed E-state index contributed by atoms with van der Waals surface area (Å²) in [7, 11) is 1.65. The van der Waals surface area contributed by atoms with Gasteiger partial charge in [0.15, 0.2) is 0 Å². The Balaban J connectivity index is 1.87. The molecular weight excluding hydrogens is 272 g/mol. The average molecular weight is 294 g/mol. The summed E-state index contributed by atoms with van der Waals surface area (Å²) in [6.07, 6.45) is 0. The molecule has 1 aromatic rings. The number of hydrogen-bond donors (Lipinski definition) is 1. The third kappa shape index (κ3) is 3.67. The smallest absolute Gasteiger partial charge is 0.233 e. The van der Waals surface area contributed by atoms with Crippen LogP contribution in [0.3, 0.4) is 0 Å². The van der Waals surface area contributed by atoms with E-state index < -0.39 is 0 Å². The summed E-state index contributed by atoms with van der Waals surface area (Å²) in [5, 5.41) is 3.39. The molecule has 1 saturated heterocycles. The molecule has 20 heavy (non-hydrogen) atoms. The molecule has 4 nitrogen and oxygen atoms in total. The Kier molecular flexibility index (Phi) is 5.31. The molecule has 5 heteroatoms. The van der Waals surface area contributed by atoms with Gasteiger partial charge >= 0.3 is 0 Å². The number of carbonyl (C=O) groups is 1. The third-order valence-corrected chi connectivity index (χ3v) is 4.77. The van der Waals surface area contributed by atoms with Crippen molar-refractivity contribution in [1.29, 1.82) is 0 Å². The second-order valence-electron chi connectivity index (χ2n) is 5.03. The number of benzene rings is 1. The Hall–Kier alpha value is -1.20. The number of amides is 1. The maximum Gasteiger partial charge on any atom is 0.233 e. The molecule has 0 bridgehead atoms. The van der Waals surface area contributed by atoms with Gasteiger partial charge in [0.05, 0.1) is 12.9 Å². The molecular formula is C15H22N2O2S. The molecule has 0 aromatic heterocycles. The van der Waals surface area contributed by atoms with Crippen LogP contribution in [0.1, 0.15) is 13.8 Å². The highest BCUT2D eigenvalue weighted by Gasteiger charge is 2.27. The predicted octanol–water partition coefficient (Wildman–Crippen LogP) is 2.00. The lowest BCUT2D eigenvalue weighted by atomic mass is 10.1. The van der Waals surface area contributed by atoms with E-state index in [1.54, 1.807) is 18.9 Å². The molecule has 1 heterocycles. The van der Waals surface area contributed by atoms with E-state index in [0.29, 0.717) is 11.8 Å². The normalized spacial score (nSPS) is 22.6. The molecule has 1 N–H and O–H groups in total. The predicted molar refractivity (Wildman–Crippen MR) is 82.4 cm³/mol. The molecule has 0 saturated carbocycles. The van der Waals surface area contributed by atoms with Crippen molar-refractivity contribution in [3.05, 3.63) is 24.3 Å². The van der Waals surface area contributed by atoms with Crippen molar-refractivity contribution in [3.63, 3.8) is 0 Å². The van der Waals surface area contributed by atoms with Crippen molar-refractivity contribution < 1.29 is 9.53 Å². The largest absolute Gasteiger partial charge is 0.497 e. The standard InChI is InChI=1S/C15H22N2O2S/c1-11-12(2)17(9-8-16-11)15(18)10-20-14-6-4-13(19-3)5-7-14/h4-7,11-12,16H,8-10H2,1-3H3. The minimum Gasteiger partial charge on any atom is -0.497 e. The first-order valence-corrected chi connectivity index (χ1v) is 7.90. The van der Waals surface area contributed by atoms with E-state index in [4.69, 9.17) is 4.74 Å². The summed E-state index contributed by atoms with van der Waals surface area (Å²) in [6.45, 7) is 5.91. The van der Waals surface area contributed by atoms with Gasteiger partial charge in [0.1, 0.15) is 5.75 Å². The Morgan fingerprint density at radius 1 is 1.40 bits per heavy atom. The number of hydrogen-bond acceptors (Lipinski definition) is 4. The fourth-order valence-corrected chi connectivity index (χ4v) is 3.09. The van der Waals surface area contributed by atoms with Crippen LogP contribution in [0.4, 0.5) is 0 Å². The third-order valence-electron chi connectivity index (χ3n) is 3.78. The molecule has 0 radical (unpaired) electrons. The lowest BCUT2D eigenvalue weighted by Gasteiger charge is -2.38. The summed E-state index contributed by atoms with van der Waals surface area (Å²) in [5.74, 6) is 1.54. The number of rotatable bonds is 4. The topological polar surface area (TPSA) is 41.6 Å². The van der Waals surface area contributed by atoms with Crippen molar-refractivity contribution in [2.45, 2.75) is 30.8 Å². The van der Waals surface area contributed by atoms with Crippen LogP contribution in [-0.4, -0.2) is 48.8 Å². The summed E-state index contributed by atoms with van der Waals surface area (Å²) >= 11 is 1.58. The van der Waals surface area contributed by atoms with Gasteiger partial charge in [0, 0.05) is 30.1 Å². The van der Waals surface area contributed by atoms with Crippen molar-refractivity contribution in [2.24, 2.45) is 0 Å². The minimum atomic E-state index is 0.215. The average Bonchev–Trinajstić information content (AvgIpc) is 2.48. The first-order valence-electron chi connectivity index (χ1n) is 6.91. The quantitative estimate of drug-likeness (QED) is 0.863. The molecule has 1 aromatic carbocycles. The van der Waals surface area contributed by atoms with Gasteiger partial charge in [-0.1, -0.05) is 0 Å². The van der Waals surface area contributed by atoms with Crippen molar-refractivity contribution in [3.8, 4) is 5.75 Å². The minimum absolute atomic E-state index is 0.215. The lowest BCUT2D eigenvalue weighted by Crippen LogP contribution is -2.57. The van der Waals surface area contributed by atoms with E-state index in [-0.39, 0.29) is 11.9 Å². The molecule has 2 atom stereocenters. The molecule has 1 fully saturated rings. The van der Waals surface area contributed by atoms with E-state index in [9.17, 15) is 4.79 Å². The monoisotopic (exact) mass is 294 g/mol. The molecule has 2 rings (SSSR count). The second-order valence-corrected chi connectivity index (χ2v) is 6.08. The summed E-state index contributed by atoms with van der Waals surface area (Å²) < 4.78 is 5.12. The number of methoxy groups -OCH3 is 1. The second kappa shape index (κ2) is 6.99. The zero-order valence-corrected chi connectivity index (χ0v) is 13.1. The summed E-state index contributed by atoms with van der Waals surface area (Å²) in [5.41, 5.74) is 0. The molecule has 0 aliphatic carbocycles. The van der Waals surface area contributed by atoms with Gasteiger partial charge < -0.3 is 15.0 Å². The van der Waals surface area contributed by atoms with E-state index in [1.807, 2.05) is 29.2 Å². The van der Waals surface area contributed by atoms with Crippen LogP contribution in [0.2, 0.25) is 0 Å². The Bertz CT molecular complexity index is 450. The number of thioether (sulfide) groups is 1. The van der Waals surface area contributed by atoms with E-state index in [1.165, 1.54) is 0 Å². The van der Waals surface area contributed by atoms with Crippen LogP contribution < -0.4 is 10.1 Å². The fourth-order valence-electron chi connectivity index (χ4n) is 2.31. The van der Waals surface area contributed by atoms with Crippen LogP contribution in [-0.2, 0) is 4.79 Å². The van der Waals surface area contributed by atoms with Crippen LogP contribution in [0.15, 0.2) is 29.2 Å². The van der Waals surface area contributed by atoms with Gasteiger partial charge in [-0.2, -0.15) is 0 Å². The lowest BCUT2D eigenvalue weighted by molar-refractivity contribution is -0.131. The van der Waals surface area contributed by atoms with E-state index >= 15 is 0 Å². The van der Waals surface area contributed by atoms with Crippen molar-refractivity contribution >= 4 is 17.7 Å². The van der Waals surface area contributed by atoms with E-state index in [2.05, 4.69) is 19.2 Å². The first-order chi connectivity index (χ1) is 9.61. The maximum atomic E-state index is 12.3. The molecule has 1 aliphatic heterocycles. The number of ether oxygens (including phenoxy) is 1. The van der Waals surface area contributed by atoms with Crippen molar-refractivity contribution in [2.75, 3.05) is 26.0 Å². The highest BCUT2D eigenvalue weighted by molar-refractivity contribution is 8.00. The highest BCUT2D eigenvalue weighted by Crippen LogP contribution is 2.22. The Morgan fingerprint density at radius 2 is 2.10 bits per heavy atom. The Morgan fingerprint density at radius 3 is 2.75 bits per heavy atom. The van der Waals surface area contributed by atoms with Gasteiger partial charge in [0.2, 0.25) is 5.91 Å². The van der Waals surface area contributed by atoms with Gasteiger partial charge in [-0.05, 0) is 38.1 Å². The molecule has 2 unspecified atom stereocenters. The van der Waals surface area contributed by atoms with Crippen LogP contribution in [0.25, 0.3) is 0 Å². The van der Waals surface area contributed by atoms with E-state index in [0.717, 1.165) is 23.7 Å².